The maximum atomic E-state index is 14.4. The second-order valence-electron chi connectivity index (χ2n) is 27.5. The summed E-state index contributed by atoms with van der Waals surface area (Å²) >= 11 is 0. The highest BCUT2D eigenvalue weighted by Crippen LogP contribution is 2.37. The molecular weight excluding hydrogens is 1440 g/mol. The summed E-state index contributed by atoms with van der Waals surface area (Å²) in [5.41, 5.74) is 9.83. The van der Waals surface area contributed by atoms with Gasteiger partial charge in [-0.15, -0.1) is 0 Å². The molecule has 3 aromatic carbocycles. The Morgan fingerprint density at radius 2 is 1.10 bits per heavy atom. The highest BCUT2D eigenvalue weighted by molar-refractivity contribution is 7.90. The highest BCUT2D eigenvalue weighted by Gasteiger charge is 2.35. The van der Waals surface area contributed by atoms with Crippen molar-refractivity contribution in [2.75, 3.05) is 53.3 Å². The van der Waals surface area contributed by atoms with E-state index in [2.05, 4.69) is 86.2 Å². The number of carbonyl (C=O) groups is 3. The van der Waals surface area contributed by atoms with Crippen LogP contribution in [0.5, 0.6) is 11.5 Å². The van der Waals surface area contributed by atoms with E-state index < -0.39 is 69.9 Å². The number of halogens is 2. The number of aromatic nitrogens is 7. The Labute approximate surface area is 621 Å². The molecule has 7 N–H and O–H groups in total. The normalized spacial score (nSPS) is 15.9. The van der Waals surface area contributed by atoms with Gasteiger partial charge in [-0.05, 0) is 173 Å². The lowest BCUT2D eigenvalue weighted by Crippen LogP contribution is -2.38. The van der Waals surface area contributed by atoms with E-state index in [-0.39, 0.29) is 62.5 Å². The third-order valence-corrected chi connectivity index (χ3v) is 21.8. The fourth-order valence-electron chi connectivity index (χ4n) is 12.5. The van der Waals surface area contributed by atoms with Crippen molar-refractivity contribution < 1.29 is 57.9 Å². The van der Waals surface area contributed by atoms with Crippen molar-refractivity contribution in [2.45, 2.75) is 146 Å². The predicted molar refractivity (Wildman–Crippen MR) is 405 cm³/mol. The average Bonchev–Trinajstić information content (AvgIpc) is 1.79. The molecule has 26 nitrogen and oxygen atoms in total. The van der Waals surface area contributed by atoms with Gasteiger partial charge in [0.05, 0.1) is 53.2 Å². The van der Waals surface area contributed by atoms with Gasteiger partial charge in [-0.1, -0.05) is 78.8 Å². The van der Waals surface area contributed by atoms with E-state index in [0.29, 0.717) is 95.9 Å². The number of ether oxygens (including phenoxy) is 2. The van der Waals surface area contributed by atoms with Crippen LogP contribution in [0.25, 0.3) is 33.8 Å². The molecule has 107 heavy (non-hydrogen) atoms. The third kappa shape index (κ3) is 19.7. The van der Waals surface area contributed by atoms with Crippen molar-refractivity contribution in [3.8, 4) is 45.3 Å². The molecule has 3 atom stereocenters. The molecule has 12 rings (SSSR count). The van der Waals surface area contributed by atoms with Crippen LogP contribution in [0.15, 0.2) is 166 Å². The zero-order valence-electron chi connectivity index (χ0n) is 60.8. The lowest BCUT2D eigenvalue weighted by Gasteiger charge is -2.29. The Balaban J connectivity index is 0.000000172. The Morgan fingerprint density at radius 3 is 1.63 bits per heavy atom. The minimum Gasteiger partial charge on any atom is -0.493 e. The first-order chi connectivity index (χ1) is 50.9. The van der Waals surface area contributed by atoms with Crippen LogP contribution in [0.1, 0.15) is 150 Å². The van der Waals surface area contributed by atoms with Crippen molar-refractivity contribution in [3.05, 3.63) is 190 Å². The summed E-state index contributed by atoms with van der Waals surface area (Å²) in [6, 6.07) is 34.7. The van der Waals surface area contributed by atoms with Gasteiger partial charge in [0.1, 0.15) is 46.4 Å². The average molecular weight is 1520 g/mol. The fourth-order valence-corrected chi connectivity index (χ4v) is 15.4. The summed E-state index contributed by atoms with van der Waals surface area (Å²) in [5.74, 6) is -0.556. The number of rotatable bonds is 23. The number of pyridine rings is 5. The van der Waals surface area contributed by atoms with E-state index in [1.807, 2.05) is 54.3 Å². The molecule has 0 bridgehead atoms. The van der Waals surface area contributed by atoms with E-state index in [4.69, 9.17) is 25.2 Å². The molecule has 3 aliphatic heterocycles. The number of aromatic amines is 2. The number of amides is 3. The largest absolute Gasteiger partial charge is 0.493 e. The molecule has 0 spiro atoms. The van der Waals surface area contributed by atoms with Crippen LogP contribution in [-0.4, -0.2) is 129 Å². The maximum absolute atomic E-state index is 14.4. The summed E-state index contributed by atoms with van der Waals surface area (Å²) in [6.45, 7) is 21.3. The van der Waals surface area contributed by atoms with Crippen molar-refractivity contribution in [3.63, 3.8) is 0 Å². The van der Waals surface area contributed by atoms with Crippen LogP contribution in [0.3, 0.4) is 0 Å². The van der Waals surface area contributed by atoms with Crippen LogP contribution >= 0.6 is 0 Å². The number of nitrogens with zero attached hydrogens (tertiary/aromatic N) is 8. The molecule has 6 aromatic heterocycles. The Hall–Kier alpha value is -10.7. The first-order valence-corrected chi connectivity index (χ1v) is 39.7. The highest BCUT2D eigenvalue weighted by atomic mass is 32.2. The summed E-state index contributed by atoms with van der Waals surface area (Å²) in [7, 11) is -12.8. The van der Waals surface area contributed by atoms with Gasteiger partial charge in [0.25, 0.3) is 53.4 Å². The monoisotopic (exact) mass is 1520 g/mol. The van der Waals surface area contributed by atoms with Gasteiger partial charge in [0.2, 0.25) is 0 Å². The predicted octanol–water partition coefficient (Wildman–Crippen LogP) is 11.8. The number of benzene rings is 3. The number of nitrogens with two attached hydrogens (primary N) is 1. The standard InChI is InChI=1S/C26H30N4O4S.C25H28FN5O4S.C25H30FN5O4S/c1-16(2)19-9-11-20(12-10-19)22-14-13-21(24(28-22)30-17(3)7-8-18(30)4)25(31)29-35(33,34)23-6-5-15-27-26(23)32;1-16(2)15-35-19-13-17(12-18(26)14-19)21-9-8-20(24(28-21)31-10-3-4-11-31)25(32)30-36(33,34)23-7-5-6-22(27)29-23;1-4-19-6-5-11-31(19)24-21(25(32)30-36(33,34)23-9-10-27-29-23)7-8-22(28-24)17-12-18(26)14-20(13-17)35-15-16(2)3/h5-6,9-18H,7-8H2,1-4H3,(H,27,32)(H,29,31);5-9,12-14,16H,3-4,10-11,15H2,1-2H3,(H2,27,29)(H,30,32);7-10,12-14,16,19H,4-6,11,15H2,1-3H3,(H,27,29)(H,30,32)/t17-,18+;;. The minimum atomic E-state index is -4.37. The molecule has 3 fully saturated rings. The summed E-state index contributed by atoms with van der Waals surface area (Å²) in [6.07, 6.45) is 9.00. The van der Waals surface area contributed by atoms with E-state index in [0.717, 1.165) is 56.6 Å². The van der Waals surface area contributed by atoms with Gasteiger partial charge in [-0.3, -0.25) is 24.3 Å². The van der Waals surface area contributed by atoms with Crippen LogP contribution in [-0.2, 0) is 30.1 Å². The second-order valence-corrected chi connectivity index (χ2v) is 32.4. The third-order valence-electron chi connectivity index (χ3n) is 18.0. The number of hydrogen-bond acceptors (Lipinski definition) is 21. The molecule has 1 unspecified atom stereocenters. The fraction of sp³-hybridized carbons (Fsp3) is 0.355. The van der Waals surface area contributed by atoms with Crippen LogP contribution in [0.4, 0.5) is 32.1 Å². The Morgan fingerprint density at radius 1 is 0.579 bits per heavy atom. The smallest absolute Gasteiger partial charge is 0.281 e. The molecule has 0 saturated carbocycles. The molecule has 3 amide bonds. The lowest BCUT2D eigenvalue weighted by molar-refractivity contribution is 0.0972. The molecule has 3 saturated heterocycles. The summed E-state index contributed by atoms with van der Waals surface area (Å²) in [4.78, 5) is 77.3. The first-order valence-electron chi connectivity index (χ1n) is 35.3. The zero-order valence-corrected chi connectivity index (χ0v) is 63.3. The maximum Gasteiger partial charge on any atom is 0.281 e. The summed E-state index contributed by atoms with van der Waals surface area (Å²) < 4.78 is 123. The van der Waals surface area contributed by atoms with Gasteiger partial charge in [-0.2, -0.15) is 21.9 Å². The molecule has 31 heteroatoms. The number of carbonyl (C=O) groups excluding carboxylic acids is 3. The van der Waals surface area contributed by atoms with Gasteiger partial charge in [-0.25, -0.2) is 51.3 Å². The Bertz CT molecular complexity index is 5090. The van der Waals surface area contributed by atoms with Gasteiger partial charge in [0.15, 0.2) is 14.9 Å². The Kier molecular flexibility index (Phi) is 25.3. The van der Waals surface area contributed by atoms with E-state index >= 15 is 0 Å². The van der Waals surface area contributed by atoms with E-state index in [1.54, 1.807) is 36.4 Å². The van der Waals surface area contributed by atoms with Crippen LogP contribution in [0, 0.1) is 23.5 Å². The quantitative estimate of drug-likeness (QED) is 0.0346. The van der Waals surface area contributed by atoms with E-state index in [9.17, 15) is 53.2 Å². The van der Waals surface area contributed by atoms with Crippen LogP contribution in [0.2, 0.25) is 0 Å². The van der Waals surface area contributed by atoms with E-state index in [1.165, 1.54) is 84.7 Å². The number of nitrogen functional groups attached to an aromatic ring is 1. The van der Waals surface area contributed by atoms with Crippen molar-refractivity contribution in [2.24, 2.45) is 11.8 Å². The van der Waals surface area contributed by atoms with Crippen molar-refractivity contribution in [1.29, 1.82) is 0 Å². The number of H-pyrrole nitrogens is 2. The molecule has 9 aromatic rings. The van der Waals surface area contributed by atoms with Crippen LogP contribution < -0.4 is 49.6 Å². The molecule has 9 heterocycles. The lowest BCUT2D eigenvalue weighted by atomic mass is 10.0. The SMILES string of the molecule is CC(C)COc1cc(F)cc(-c2ccc(C(=O)NS(=O)(=O)c3cccc(N)n3)c(N3CCCC3)n2)c1.CC(C)c1ccc(-c2ccc(C(=O)NS(=O)(=O)c3ccc[nH]c3=O)c(N3[C@H](C)CC[C@@H]3C)n2)cc1.CCC1CCCN1c1nc(-c2cc(F)cc(OCC(C)C)c2)ccc1C(=O)NS(=O)(=O)c1ccn[nH]1. The molecule has 0 radical (unpaired) electrons. The number of sulfonamides is 3. The van der Waals surface area contributed by atoms with Gasteiger partial charge in [0, 0.05) is 72.8 Å². The van der Waals surface area contributed by atoms with Crippen molar-refractivity contribution in [1.82, 2.24) is 49.3 Å². The molecular formula is C76H88F2N14O12S3. The minimum absolute atomic E-state index is 0.0148. The number of anilines is 4. The molecule has 566 valence electrons. The molecule has 0 aliphatic carbocycles. The number of hydrogen-bond donors (Lipinski definition) is 6. The summed E-state index contributed by atoms with van der Waals surface area (Å²) in [5, 5.41) is 5.40. The first kappa shape index (κ1) is 78.9. The topological polar surface area (TPSA) is 357 Å². The van der Waals surface area contributed by atoms with Crippen molar-refractivity contribution >= 4 is 71.1 Å². The second kappa shape index (κ2) is 34.3. The van der Waals surface area contributed by atoms with Gasteiger partial charge >= 0.3 is 0 Å². The molecule has 3 aliphatic rings. The number of nitrogens with one attached hydrogen (secondary N) is 5. The zero-order chi connectivity index (χ0) is 77.1. The van der Waals surface area contributed by atoms with Gasteiger partial charge < -0.3 is 34.9 Å².